The van der Waals surface area contributed by atoms with E-state index in [1.54, 1.807) is 0 Å². The highest BCUT2D eigenvalue weighted by Gasteiger charge is 2.32. The summed E-state index contributed by atoms with van der Waals surface area (Å²) in [6.45, 7) is -0.300. The van der Waals surface area contributed by atoms with Gasteiger partial charge in [0.15, 0.2) is 34.9 Å². The molecule has 0 saturated heterocycles. The fourth-order valence-electron chi connectivity index (χ4n) is 2.02. The van der Waals surface area contributed by atoms with E-state index >= 15 is 0 Å². The molecule has 0 radical (unpaired) electrons. The van der Waals surface area contributed by atoms with E-state index in [-0.39, 0.29) is 13.2 Å². The van der Waals surface area contributed by atoms with Gasteiger partial charge in [0.1, 0.15) is 13.2 Å². The predicted octanol–water partition coefficient (Wildman–Crippen LogP) is 3.45. The third kappa shape index (κ3) is 1.47. The van der Waals surface area contributed by atoms with Crippen molar-refractivity contribution in [3.8, 4) is 11.5 Å². The van der Waals surface area contributed by atoms with Crippen LogP contribution in [0.25, 0.3) is 10.8 Å². The summed E-state index contributed by atoms with van der Waals surface area (Å²) in [6, 6.07) is 0. The van der Waals surface area contributed by atoms with Gasteiger partial charge in [0.25, 0.3) is 0 Å². The van der Waals surface area contributed by atoms with Crippen molar-refractivity contribution in [3.63, 3.8) is 0 Å². The van der Waals surface area contributed by atoms with Gasteiger partial charge in [0, 0.05) is 0 Å². The first-order valence-electron chi connectivity index (χ1n) is 5.37. The second-order valence-corrected chi connectivity index (χ2v) is 3.99. The van der Waals surface area contributed by atoms with E-state index in [1.165, 1.54) is 0 Å². The zero-order chi connectivity index (χ0) is 14.6. The van der Waals surface area contributed by atoms with Crippen molar-refractivity contribution in [2.75, 3.05) is 13.2 Å². The Morgan fingerprint density at radius 2 is 0.850 bits per heavy atom. The molecule has 2 aromatic carbocycles. The Hall–Kier alpha value is -2.12. The molecule has 0 saturated carbocycles. The van der Waals surface area contributed by atoms with Crippen LogP contribution in [-0.2, 0) is 0 Å². The molecule has 20 heavy (non-hydrogen) atoms. The zero-order valence-corrected chi connectivity index (χ0v) is 9.50. The Kier molecular flexibility index (Phi) is 2.70. The molecule has 1 heterocycles. The van der Waals surface area contributed by atoms with Crippen LogP contribution in [0.4, 0.5) is 26.3 Å². The molecular weight excluding hydrogens is 290 g/mol. The molecule has 2 aromatic rings. The van der Waals surface area contributed by atoms with E-state index < -0.39 is 57.2 Å². The second-order valence-electron chi connectivity index (χ2n) is 3.99. The summed E-state index contributed by atoms with van der Waals surface area (Å²) in [7, 11) is 0. The third-order valence-electron chi connectivity index (χ3n) is 2.89. The van der Waals surface area contributed by atoms with Crippen molar-refractivity contribution in [1.29, 1.82) is 0 Å². The van der Waals surface area contributed by atoms with Crippen LogP contribution in [0.3, 0.4) is 0 Å². The number of fused-ring (bicyclic) bond motifs is 2. The fraction of sp³-hybridized carbons (Fsp3) is 0.167. The van der Waals surface area contributed by atoms with E-state index in [1.807, 2.05) is 0 Å². The maximum absolute atomic E-state index is 14.0. The van der Waals surface area contributed by atoms with Crippen LogP contribution in [0.5, 0.6) is 11.5 Å². The molecule has 106 valence electrons. The van der Waals surface area contributed by atoms with Crippen LogP contribution in [0.15, 0.2) is 0 Å². The largest absolute Gasteiger partial charge is 0.483 e. The minimum atomic E-state index is -2.23. The van der Waals surface area contributed by atoms with Gasteiger partial charge in [-0.2, -0.15) is 0 Å². The molecule has 1 aliphatic heterocycles. The Morgan fingerprint density at radius 1 is 0.500 bits per heavy atom. The van der Waals surface area contributed by atoms with Gasteiger partial charge in [0.2, 0.25) is 11.5 Å². The smallest absolute Gasteiger partial charge is 0.201 e. The van der Waals surface area contributed by atoms with Gasteiger partial charge in [-0.05, 0) is 0 Å². The Balaban J connectivity index is 2.57. The zero-order valence-electron chi connectivity index (χ0n) is 9.50. The fourth-order valence-corrected chi connectivity index (χ4v) is 2.02. The normalized spacial score (nSPS) is 13.9. The van der Waals surface area contributed by atoms with E-state index in [0.29, 0.717) is 0 Å². The quantitative estimate of drug-likeness (QED) is 0.421. The molecule has 0 bridgehead atoms. The Bertz CT molecular complexity index is 681. The first-order chi connectivity index (χ1) is 9.45. The topological polar surface area (TPSA) is 18.5 Å². The first kappa shape index (κ1) is 12.9. The minimum Gasteiger partial charge on any atom is -0.483 e. The maximum Gasteiger partial charge on any atom is 0.201 e. The van der Waals surface area contributed by atoms with Crippen LogP contribution in [0.2, 0.25) is 0 Å². The monoisotopic (exact) mass is 294 g/mol. The SMILES string of the molecule is Fc1c(F)c(F)c2c(F)c3c(c(F)c2c1F)OCCO3. The highest BCUT2D eigenvalue weighted by atomic mass is 19.2. The lowest BCUT2D eigenvalue weighted by atomic mass is 10.1. The highest BCUT2D eigenvalue weighted by Crippen LogP contribution is 2.43. The molecule has 0 aliphatic carbocycles. The summed E-state index contributed by atoms with van der Waals surface area (Å²) in [6.07, 6.45) is 0. The van der Waals surface area contributed by atoms with Crippen LogP contribution in [0.1, 0.15) is 0 Å². The Labute approximate surface area is 107 Å². The summed E-state index contributed by atoms with van der Waals surface area (Å²) < 4.78 is 90.9. The van der Waals surface area contributed by atoms with Crippen molar-refractivity contribution in [2.24, 2.45) is 0 Å². The number of halogens is 6. The minimum absolute atomic E-state index is 0.150. The summed E-state index contributed by atoms with van der Waals surface area (Å²) >= 11 is 0. The van der Waals surface area contributed by atoms with Crippen LogP contribution >= 0.6 is 0 Å². The molecular formula is C12H4F6O2. The number of hydrogen-bond donors (Lipinski definition) is 0. The lowest BCUT2D eigenvalue weighted by Gasteiger charge is -2.21. The highest BCUT2D eigenvalue weighted by molar-refractivity contribution is 5.89. The molecule has 8 heteroatoms. The van der Waals surface area contributed by atoms with E-state index in [4.69, 9.17) is 9.47 Å². The molecule has 1 aliphatic rings. The van der Waals surface area contributed by atoms with Gasteiger partial charge >= 0.3 is 0 Å². The second kappa shape index (κ2) is 4.19. The summed E-state index contributed by atoms with van der Waals surface area (Å²) in [5.74, 6) is -13.2. The number of ether oxygens (including phenoxy) is 2. The van der Waals surface area contributed by atoms with Gasteiger partial charge in [-0.25, -0.2) is 26.3 Å². The van der Waals surface area contributed by atoms with E-state index in [9.17, 15) is 26.3 Å². The molecule has 0 spiro atoms. The molecule has 0 N–H and O–H groups in total. The number of hydrogen-bond acceptors (Lipinski definition) is 2. The third-order valence-corrected chi connectivity index (χ3v) is 2.89. The average molecular weight is 294 g/mol. The van der Waals surface area contributed by atoms with Crippen molar-refractivity contribution in [1.82, 2.24) is 0 Å². The van der Waals surface area contributed by atoms with E-state index in [0.717, 1.165) is 0 Å². The standard InChI is InChI=1S/C12H4F6O2/c13-5-3-4(6(14)10(18)9(5)17)8(16)12-11(7(3)15)19-1-2-20-12/h1-2H2. The van der Waals surface area contributed by atoms with Gasteiger partial charge in [0.05, 0.1) is 10.8 Å². The molecule has 0 unspecified atom stereocenters. The number of rotatable bonds is 0. The Morgan fingerprint density at radius 3 is 1.20 bits per heavy atom. The van der Waals surface area contributed by atoms with Crippen molar-refractivity contribution < 1.29 is 35.8 Å². The van der Waals surface area contributed by atoms with Crippen molar-refractivity contribution in [3.05, 3.63) is 34.9 Å². The number of benzene rings is 2. The summed E-state index contributed by atoms with van der Waals surface area (Å²) in [5, 5.41) is -2.72. The average Bonchev–Trinajstić information content (AvgIpc) is 2.46. The summed E-state index contributed by atoms with van der Waals surface area (Å²) in [5.41, 5.74) is 0. The molecule has 3 rings (SSSR count). The lowest BCUT2D eigenvalue weighted by Crippen LogP contribution is -2.18. The van der Waals surface area contributed by atoms with Crippen molar-refractivity contribution >= 4 is 10.8 Å². The van der Waals surface area contributed by atoms with Crippen molar-refractivity contribution in [2.45, 2.75) is 0 Å². The van der Waals surface area contributed by atoms with Gasteiger partial charge in [-0.15, -0.1) is 0 Å². The molecule has 0 aromatic heterocycles. The van der Waals surface area contributed by atoms with Gasteiger partial charge < -0.3 is 9.47 Å². The van der Waals surface area contributed by atoms with Crippen LogP contribution in [0, 0.1) is 34.9 Å². The predicted molar refractivity (Wildman–Crippen MR) is 54.7 cm³/mol. The molecule has 2 nitrogen and oxygen atoms in total. The van der Waals surface area contributed by atoms with Crippen LogP contribution in [-0.4, -0.2) is 13.2 Å². The summed E-state index contributed by atoms with van der Waals surface area (Å²) in [4.78, 5) is 0. The van der Waals surface area contributed by atoms with Gasteiger partial charge in [-0.3, -0.25) is 0 Å². The lowest BCUT2D eigenvalue weighted by molar-refractivity contribution is 0.158. The van der Waals surface area contributed by atoms with E-state index in [2.05, 4.69) is 0 Å². The van der Waals surface area contributed by atoms with Crippen LogP contribution < -0.4 is 9.47 Å². The first-order valence-corrected chi connectivity index (χ1v) is 5.37. The maximum atomic E-state index is 14.0. The molecule has 0 atom stereocenters. The molecule has 0 amide bonds. The van der Waals surface area contributed by atoms with Gasteiger partial charge in [-0.1, -0.05) is 0 Å². The molecule has 0 fully saturated rings.